The third-order valence-electron chi connectivity index (χ3n) is 4.85. The molecule has 1 amide bonds. The minimum Gasteiger partial charge on any atom is -0.349 e. The van der Waals surface area contributed by atoms with E-state index >= 15 is 0 Å². The average molecular weight is 326 g/mol. The standard InChI is InChI=1S/C17H22N6O/c1-11-7-9-18-17(20-11)21-13-5-6-15(24)23(12-3-4-12)16(13)14-8-10-19-22(14)2/h7-10,12-13,16H,3-6H2,1-2H3,(H,18,20,21)/t13-,16-/m1/s1. The average Bonchev–Trinajstić information content (AvgIpc) is 3.30. The first kappa shape index (κ1) is 15.1. The van der Waals surface area contributed by atoms with Crippen molar-refractivity contribution in [1.29, 1.82) is 0 Å². The zero-order valence-corrected chi connectivity index (χ0v) is 14.0. The van der Waals surface area contributed by atoms with Crippen molar-refractivity contribution in [1.82, 2.24) is 24.6 Å². The lowest BCUT2D eigenvalue weighted by Gasteiger charge is -2.41. The number of carbonyl (C=O) groups is 1. The van der Waals surface area contributed by atoms with E-state index in [0.717, 1.165) is 30.7 Å². The number of nitrogens with zero attached hydrogens (tertiary/aromatic N) is 5. The van der Waals surface area contributed by atoms with Crippen molar-refractivity contribution >= 4 is 11.9 Å². The van der Waals surface area contributed by atoms with Gasteiger partial charge in [0.2, 0.25) is 11.9 Å². The molecule has 2 atom stereocenters. The van der Waals surface area contributed by atoms with Gasteiger partial charge in [-0.15, -0.1) is 0 Å². The van der Waals surface area contributed by atoms with Gasteiger partial charge in [0, 0.05) is 37.6 Å². The maximum atomic E-state index is 12.6. The SMILES string of the molecule is Cc1ccnc(N[C@@H]2CCC(=O)N(C3CC3)[C@H]2c2ccnn2C)n1. The smallest absolute Gasteiger partial charge is 0.223 e. The minimum atomic E-state index is -0.0321. The maximum absolute atomic E-state index is 12.6. The largest absolute Gasteiger partial charge is 0.349 e. The molecular formula is C17H22N6O. The molecule has 1 N–H and O–H groups in total. The monoisotopic (exact) mass is 326 g/mol. The predicted octanol–water partition coefficient (Wildman–Crippen LogP) is 1.83. The quantitative estimate of drug-likeness (QED) is 0.927. The van der Waals surface area contributed by atoms with Crippen LogP contribution in [0.1, 0.15) is 43.1 Å². The number of aromatic nitrogens is 4. The van der Waals surface area contributed by atoms with Crippen LogP contribution in [-0.2, 0) is 11.8 Å². The fourth-order valence-corrected chi connectivity index (χ4v) is 3.56. The van der Waals surface area contributed by atoms with E-state index in [2.05, 4.69) is 25.3 Å². The first-order valence-corrected chi connectivity index (χ1v) is 8.49. The Morgan fingerprint density at radius 2 is 2.04 bits per heavy atom. The Bertz CT molecular complexity index is 753. The van der Waals surface area contributed by atoms with Gasteiger partial charge in [0.05, 0.1) is 17.8 Å². The highest BCUT2D eigenvalue weighted by molar-refractivity contribution is 5.78. The molecule has 2 aromatic heterocycles. The third kappa shape index (κ3) is 2.74. The zero-order chi connectivity index (χ0) is 16.7. The Balaban J connectivity index is 1.68. The van der Waals surface area contributed by atoms with Crippen LogP contribution >= 0.6 is 0 Å². The molecule has 24 heavy (non-hydrogen) atoms. The minimum absolute atomic E-state index is 0.0321. The molecule has 7 heteroatoms. The summed E-state index contributed by atoms with van der Waals surface area (Å²) in [5.74, 6) is 0.865. The van der Waals surface area contributed by atoms with Crippen molar-refractivity contribution in [3.05, 3.63) is 35.9 Å². The van der Waals surface area contributed by atoms with Crippen molar-refractivity contribution in [2.24, 2.45) is 7.05 Å². The number of nitrogens with one attached hydrogen (secondary N) is 1. The highest BCUT2D eigenvalue weighted by atomic mass is 16.2. The van der Waals surface area contributed by atoms with E-state index < -0.39 is 0 Å². The molecular weight excluding hydrogens is 304 g/mol. The molecule has 0 spiro atoms. The van der Waals surface area contributed by atoms with Gasteiger partial charge in [0.25, 0.3) is 0 Å². The van der Waals surface area contributed by atoms with E-state index in [4.69, 9.17) is 0 Å². The molecule has 2 aromatic rings. The number of rotatable bonds is 4. The van der Waals surface area contributed by atoms with E-state index in [1.807, 2.05) is 30.8 Å². The van der Waals surface area contributed by atoms with Crippen LogP contribution in [0.5, 0.6) is 0 Å². The summed E-state index contributed by atoms with van der Waals surface area (Å²) in [5.41, 5.74) is 1.98. The Morgan fingerprint density at radius 1 is 1.21 bits per heavy atom. The van der Waals surface area contributed by atoms with Gasteiger partial charge in [-0.25, -0.2) is 9.97 Å². The molecule has 7 nitrogen and oxygen atoms in total. The molecule has 126 valence electrons. The first-order valence-electron chi connectivity index (χ1n) is 8.49. The summed E-state index contributed by atoms with van der Waals surface area (Å²) in [5, 5.41) is 7.77. The molecule has 4 rings (SSSR count). The molecule has 1 saturated carbocycles. The number of aryl methyl sites for hydroxylation is 2. The number of piperidine rings is 1. The van der Waals surface area contributed by atoms with Gasteiger partial charge in [0.1, 0.15) is 0 Å². The molecule has 0 radical (unpaired) electrons. The van der Waals surface area contributed by atoms with Gasteiger partial charge in [-0.1, -0.05) is 0 Å². The molecule has 1 aliphatic heterocycles. The zero-order valence-electron chi connectivity index (χ0n) is 14.0. The second kappa shape index (κ2) is 5.89. The predicted molar refractivity (Wildman–Crippen MR) is 89.2 cm³/mol. The molecule has 0 bridgehead atoms. The highest BCUT2D eigenvalue weighted by Gasteiger charge is 2.45. The van der Waals surface area contributed by atoms with E-state index in [1.54, 1.807) is 12.4 Å². The first-order chi connectivity index (χ1) is 11.6. The third-order valence-corrected chi connectivity index (χ3v) is 4.85. The van der Waals surface area contributed by atoms with Crippen LogP contribution in [0.4, 0.5) is 5.95 Å². The Kier molecular flexibility index (Phi) is 3.70. The van der Waals surface area contributed by atoms with Crippen LogP contribution in [0.15, 0.2) is 24.5 Å². The molecule has 1 saturated heterocycles. The molecule has 2 aliphatic rings. The summed E-state index contributed by atoms with van der Waals surface area (Å²) in [4.78, 5) is 23.4. The van der Waals surface area contributed by atoms with Crippen molar-refractivity contribution < 1.29 is 4.79 Å². The summed E-state index contributed by atoms with van der Waals surface area (Å²) in [6.45, 7) is 1.95. The van der Waals surface area contributed by atoms with Gasteiger partial charge in [-0.2, -0.15) is 5.10 Å². The van der Waals surface area contributed by atoms with Gasteiger partial charge < -0.3 is 10.2 Å². The van der Waals surface area contributed by atoms with Crippen molar-refractivity contribution in [3.8, 4) is 0 Å². The fraction of sp³-hybridized carbons (Fsp3) is 0.529. The Hall–Kier alpha value is -2.44. The van der Waals surface area contributed by atoms with Crippen LogP contribution in [0.2, 0.25) is 0 Å². The fourth-order valence-electron chi connectivity index (χ4n) is 3.56. The van der Waals surface area contributed by atoms with Gasteiger partial charge in [-0.05, 0) is 38.3 Å². The van der Waals surface area contributed by atoms with Crippen molar-refractivity contribution in [3.63, 3.8) is 0 Å². The Morgan fingerprint density at radius 3 is 2.71 bits per heavy atom. The van der Waals surface area contributed by atoms with E-state index in [0.29, 0.717) is 18.4 Å². The lowest BCUT2D eigenvalue weighted by molar-refractivity contribution is -0.138. The second-order valence-corrected chi connectivity index (χ2v) is 6.67. The number of amides is 1. The lowest BCUT2D eigenvalue weighted by Crippen LogP contribution is -2.50. The summed E-state index contributed by atoms with van der Waals surface area (Å²) < 4.78 is 1.87. The van der Waals surface area contributed by atoms with Gasteiger partial charge in [-0.3, -0.25) is 9.48 Å². The second-order valence-electron chi connectivity index (χ2n) is 6.67. The summed E-state index contributed by atoms with van der Waals surface area (Å²) in [7, 11) is 1.93. The number of carbonyl (C=O) groups excluding carboxylic acids is 1. The highest BCUT2D eigenvalue weighted by Crippen LogP contribution is 2.41. The van der Waals surface area contributed by atoms with Crippen LogP contribution in [0.25, 0.3) is 0 Å². The Labute approximate surface area is 141 Å². The lowest BCUT2D eigenvalue weighted by atomic mass is 9.92. The molecule has 3 heterocycles. The summed E-state index contributed by atoms with van der Waals surface area (Å²) in [6, 6.07) is 4.30. The number of likely N-dealkylation sites (tertiary alicyclic amines) is 1. The number of hydrogen-bond acceptors (Lipinski definition) is 5. The molecule has 0 aromatic carbocycles. The van der Waals surface area contributed by atoms with E-state index in [1.165, 1.54) is 0 Å². The van der Waals surface area contributed by atoms with E-state index in [9.17, 15) is 4.79 Å². The normalized spacial score (nSPS) is 24.2. The van der Waals surface area contributed by atoms with Crippen LogP contribution < -0.4 is 5.32 Å². The molecule has 2 fully saturated rings. The summed E-state index contributed by atoms with van der Waals surface area (Å²) >= 11 is 0. The van der Waals surface area contributed by atoms with E-state index in [-0.39, 0.29) is 18.0 Å². The topological polar surface area (TPSA) is 75.9 Å². The van der Waals surface area contributed by atoms with Gasteiger partial charge >= 0.3 is 0 Å². The van der Waals surface area contributed by atoms with Crippen LogP contribution in [-0.4, -0.2) is 42.6 Å². The number of anilines is 1. The number of hydrogen-bond donors (Lipinski definition) is 1. The van der Waals surface area contributed by atoms with Crippen molar-refractivity contribution in [2.45, 2.75) is 50.7 Å². The van der Waals surface area contributed by atoms with Crippen molar-refractivity contribution in [2.75, 3.05) is 5.32 Å². The molecule has 1 aliphatic carbocycles. The van der Waals surface area contributed by atoms with Gasteiger partial charge in [0.15, 0.2) is 0 Å². The molecule has 0 unspecified atom stereocenters. The summed E-state index contributed by atoms with van der Waals surface area (Å²) in [6.07, 6.45) is 7.07. The van der Waals surface area contributed by atoms with Crippen LogP contribution in [0.3, 0.4) is 0 Å². The maximum Gasteiger partial charge on any atom is 0.223 e. The van der Waals surface area contributed by atoms with Crippen LogP contribution in [0, 0.1) is 6.92 Å².